The highest BCUT2D eigenvalue weighted by molar-refractivity contribution is 5.77. The molecule has 8 nitrogen and oxygen atoms in total. The van der Waals surface area contributed by atoms with Crippen LogP contribution in [0.4, 0.5) is 0 Å². The van der Waals surface area contributed by atoms with Crippen molar-refractivity contribution < 1.29 is 18.8 Å². The number of methoxy groups -OCH3 is 1. The summed E-state index contributed by atoms with van der Waals surface area (Å²) in [6, 6.07) is 11.5. The second-order valence-electron chi connectivity index (χ2n) is 7.12. The van der Waals surface area contributed by atoms with Gasteiger partial charge in [0.15, 0.2) is 6.61 Å². The third-order valence-electron chi connectivity index (χ3n) is 4.55. The van der Waals surface area contributed by atoms with E-state index in [9.17, 15) is 4.79 Å². The summed E-state index contributed by atoms with van der Waals surface area (Å²) in [7, 11) is 7.00. The Bertz CT molecular complexity index is 973. The van der Waals surface area contributed by atoms with Gasteiger partial charge in [-0.2, -0.15) is 0 Å². The van der Waals surface area contributed by atoms with Gasteiger partial charge in [0, 0.05) is 50.6 Å². The van der Waals surface area contributed by atoms with Gasteiger partial charge in [0.25, 0.3) is 5.91 Å². The zero-order valence-electron chi connectivity index (χ0n) is 17.7. The van der Waals surface area contributed by atoms with Crippen LogP contribution in [-0.4, -0.2) is 60.7 Å². The van der Waals surface area contributed by atoms with Gasteiger partial charge in [-0.1, -0.05) is 11.2 Å². The Balaban J connectivity index is 1.88. The van der Waals surface area contributed by atoms with Gasteiger partial charge in [-0.25, -0.2) is 4.98 Å². The first-order chi connectivity index (χ1) is 14.5. The molecule has 0 fully saturated rings. The number of hydrogen-bond donors (Lipinski definition) is 0. The Hall–Kier alpha value is -3.39. The summed E-state index contributed by atoms with van der Waals surface area (Å²) in [5, 5.41) is 3.96. The van der Waals surface area contributed by atoms with E-state index in [1.54, 1.807) is 33.7 Å². The van der Waals surface area contributed by atoms with E-state index >= 15 is 0 Å². The lowest BCUT2D eigenvalue weighted by Crippen LogP contribution is -2.28. The van der Waals surface area contributed by atoms with Crippen LogP contribution in [0.3, 0.4) is 0 Å². The number of likely N-dealkylation sites (N-methyl/N-ethyl adjacent to an activating group) is 1. The van der Waals surface area contributed by atoms with Crippen molar-refractivity contribution in [2.45, 2.75) is 13.1 Å². The molecule has 1 amide bonds. The number of nitrogens with zero attached hydrogens (tertiary/aromatic N) is 4. The van der Waals surface area contributed by atoms with Crippen LogP contribution in [0.2, 0.25) is 0 Å². The number of carbonyl (C=O) groups is 1. The van der Waals surface area contributed by atoms with E-state index in [-0.39, 0.29) is 12.5 Å². The summed E-state index contributed by atoms with van der Waals surface area (Å²) in [4.78, 5) is 19.9. The quantitative estimate of drug-likeness (QED) is 0.536. The molecule has 0 aliphatic carbocycles. The highest BCUT2D eigenvalue weighted by atomic mass is 16.5. The lowest BCUT2D eigenvalue weighted by molar-refractivity contribution is -0.130. The summed E-state index contributed by atoms with van der Waals surface area (Å²) in [5.74, 6) is 1.11. The van der Waals surface area contributed by atoms with Crippen molar-refractivity contribution in [1.29, 1.82) is 0 Å². The van der Waals surface area contributed by atoms with Crippen molar-refractivity contribution in [3.8, 4) is 22.8 Å². The molecule has 30 heavy (non-hydrogen) atoms. The van der Waals surface area contributed by atoms with E-state index < -0.39 is 0 Å². The summed E-state index contributed by atoms with van der Waals surface area (Å²) in [6.07, 6.45) is 3.25. The van der Waals surface area contributed by atoms with E-state index in [0.717, 1.165) is 22.4 Å². The SMILES string of the molecule is COc1ncccc1-c1ccc(OCC(=O)N(C)C)c(CN(C)Cc2ccon2)c1. The van der Waals surface area contributed by atoms with Gasteiger partial charge in [-0.3, -0.25) is 9.69 Å². The smallest absolute Gasteiger partial charge is 0.259 e. The molecule has 0 unspecified atom stereocenters. The lowest BCUT2D eigenvalue weighted by atomic mass is 10.0. The van der Waals surface area contributed by atoms with Gasteiger partial charge in [-0.15, -0.1) is 0 Å². The highest BCUT2D eigenvalue weighted by Crippen LogP contribution is 2.32. The van der Waals surface area contributed by atoms with Crippen LogP contribution in [0, 0.1) is 0 Å². The average Bonchev–Trinajstić information content (AvgIpc) is 3.25. The molecule has 0 atom stereocenters. The van der Waals surface area contributed by atoms with Crippen LogP contribution >= 0.6 is 0 Å². The van der Waals surface area contributed by atoms with E-state index in [1.807, 2.05) is 43.4 Å². The minimum atomic E-state index is -0.102. The standard InChI is InChI=1S/C22H26N4O4/c1-25(2)21(27)15-29-20-8-7-16(19-6-5-10-23-22(19)28-4)12-17(20)13-26(3)14-18-9-11-30-24-18/h5-12H,13-15H2,1-4H3. The number of benzene rings is 1. The fraction of sp³-hybridized carbons (Fsp3) is 0.318. The Labute approximate surface area is 176 Å². The Morgan fingerprint density at radius 3 is 2.67 bits per heavy atom. The van der Waals surface area contributed by atoms with Crippen LogP contribution in [0.25, 0.3) is 11.1 Å². The fourth-order valence-electron chi connectivity index (χ4n) is 3.00. The number of rotatable bonds is 9. The van der Waals surface area contributed by atoms with Crippen LogP contribution in [-0.2, 0) is 17.9 Å². The Morgan fingerprint density at radius 2 is 1.97 bits per heavy atom. The maximum absolute atomic E-state index is 12.0. The summed E-state index contributed by atoms with van der Waals surface area (Å²) < 4.78 is 16.2. The van der Waals surface area contributed by atoms with Crippen LogP contribution < -0.4 is 9.47 Å². The monoisotopic (exact) mass is 410 g/mol. The number of hydrogen-bond acceptors (Lipinski definition) is 7. The number of aromatic nitrogens is 2. The number of amides is 1. The first kappa shape index (κ1) is 21.3. The second kappa shape index (κ2) is 9.89. The zero-order chi connectivity index (χ0) is 21.5. The molecule has 0 radical (unpaired) electrons. The molecule has 3 aromatic rings. The normalized spacial score (nSPS) is 10.8. The van der Waals surface area contributed by atoms with Crippen molar-refractivity contribution in [2.75, 3.05) is 34.9 Å². The van der Waals surface area contributed by atoms with Crippen molar-refractivity contribution in [3.05, 3.63) is 60.1 Å². The molecule has 0 saturated carbocycles. The fourth-order valence-corrected chi connectivity index (χ4v) is 3.00. The number of carbonyl (C=O) groups excluding carboxylic acids is 1. The molecule has 158 valence electrons. The number of pyridine rings is 1. The third kappa shape index (κ3) is 5.36. The minimum absolute atomic E-state index is 0.0252. The van der Waals surface area contributed by atoms with E-state index in [2.05, 4.69) is 15.0 Å². The van der Waals surface area contributed by atoms with E-state index in [4.69, 9.17) is 14.0 Å². The first-order valence-corrected chi connectivity index (χ1v) is 9.51. The number of ether oxygens (including phenoxy) is 2. The molecule has 8 heteroatoms. The molecule has 0 bridgehead atoms. The van der Waals surface area contributed by atoms with Gasteiger partial charge in [0.2, 0.25) is 5.88 Å². The molecule has 1 aromatic carbocycles. The average molecular weight is 410 g/mol. The molecule has 0 saturated heterocycles. The summed E-state index contributed by atoms with van der Waals surface area (Å²) in [5.41, 5.74) is 3.62. The molecule has 2 aromatic heterocycles. The maximum Gasteiger partial charge on any atom is 0.259 e. The van der Waals surface area contributed by atoms with E-state index in [0.29, 0.717) is 24.7 Å². The van der Waals surface area contributed by atoms with Gasteiger partial charge in [-0.05, 0) is 36.9 Å². The van der Waals surface area contributed by atoms with Crippen LogP contribution in [0.5, 0.6) is 11.6 Å². The molecule has 0 aliphatic rings. The molecule has 3 rings (SSSR count). The van der Waals surface area contributed by atoms with Crippen molar-refractivity contribution in [1.82, 2.24) is 19.9 Å². The van der Waals surface area contributed by atoms with Crippen molar-refractivity contribution >= 4 is 5.91 Å². The highest BCUT2D eigenvalue weighted by Gasteiger charge is 2.15. The molecule has 0 spiro atoms. The van der Waals surface area contributed by atoms with E-state index in [1.165, 1.54) is 4.90 Å². The topological polar surface area (TPSA) is 80.9 Å². The summed E-state index contributed by atoms with van der Waals surface area (Å²) >= 11 is 0. The van der Waals surface area contributed by atoms with Crippen molar-refractivity contribution in [2.24, 2.45) is 0 Å². The first-order valence-electron chi connectivity index (χ1n) is 9.51. The molecular formula is C22H26N4O4. The van der Waals surface area contributed by atoms with Crippen LogP contribution in [0.15, 0.2) is 53.4 Å². The predicted octanol–water partition coefficient (Wildman–Crippen LogP) is 2.84. The van der Waals surface area contributed by atoms with Gasteiger partial charge < -0.3 is 18.9 Å². The maximum atomic E-state index is 12.0. The predicted molar refractivity (Wildman–Crippen MR) is 112 cm³/mol. The van der Waals surface area contributed by atoms with Gasteiger partial charge in [0.1, 0.15) is 12.0 Å². The molecular weight excluding hydrogens is 384 g/mol. The molecule has 0 aliphatic heterocycles. The molecule has 2 heterocycles. The van der Waals surface area contributed by atoms with Crippen molar-refractivity contribution in [3.63, 3.8) is 0 Å². The third-order valence-corrected chi connectivity index (χ3v) is 4.55. The van der Waals surface area contributed by atoms with Gasteiger partial charge >= 0.3 is 0 Å². The summed E-state index contributed by atoms with van der Waals surface area (Å²) in [6.45, 7) is 1.18. The lowest BCUT2D eigenvalue weighted by Gasteiger charge is -2.20. The Kier molecular flexibility index (Phi) is 7.03. The van der Waals surface area contributed by atoms with Crippen LogP contribution in [0.1, 0.15) is 11.3 Å². The Morgan fingerprint density at radius 1 is 1.13 bits per heavy atom. The molecule has 0 N–H and O–H groups in total. The largest absolute Gasteiger partial charge is 0.483 e. The van der Waals surface area contributed by atoms with Gasteiger partial charge in [0.05, 0.1) is 12.8 Å². The minimum Gasteiger partial charge on any atom is -0.483 e. The zero-order valence-corrected chi connectivity index (χ0v) is 17.7. The second-order valence-corrected chi connectivity index (χ2v) is 7.12.